The van der Waals surface area contributed by atoms with Gasteiger partial charge in [-0.15, -0.1) is 0 Å². The third kappa shape index (κ3) is 6.81. The number of aliphatic carboxylic acids is 1. The van der Waals surface area contributed by atoms with Gasteiger partial charge < -0.3 is 10.0 Å². The molecule has 0 atom stereocenters. The summed E-state index contributed by atoms with van der Waals surface area (Å²) in [6, 6.07) is 16.9. The van der Waals surface area contributed by atoms with Crippen LogP contribution < -0.4 is 4.90 Å². The highest BCUT2D eigenvalue weighted by Gasteiger charge is 2.44. The second-order valence-corrected chi connectivity index (χ2v) is 13.7. The molecule has 8 heteroatoms. The van der Waals surface area contributed by atoms with E-state index < -0.39 is 16.1 Å². The van der Waals surface area contributed by atoms with Gasteiger partial charge in [-0.2, -0.15) is 13.0 Å². The Bertz CT molecular complexity index is 1480. The number of carboxylic acids is 1. The molecule has 0 bridgehead atoms. The molecule has 2 aliphatic heterocycles. The number of para-hydroxylation sites is 2. The number of carboxylic acid groups (broad SMARTS) is 1. The van der Waals surface area contributed by atoms with Crippen LogP contribution >= 0.6 is 0 Å². The second kappa shape index (κ2) is 12.3. The second-order valence-electron chi connectivity index (χ2n) is 12.1. The molecule has 0 saturated carbocycles. The standard InChI is InChI=1S/C33H42N2O5S/c1-32(2)25-15-7-9-17-27(25)34(22-11-5-6-21-31(36)37)29(32)19-14-20-30-33(3,4)26-16-8-10-18-28(26)35(30)23-12-13-24-41(38,39)40/h7-10,14-20H,5-6,11-13,21-24H2,1-4H3,(H-,36,37,38,39,40)/p+1. The topological polar surface area (TPSA) is 97.9 Å². The fraction of sp³-hybridized carbons (Fsp3) is 0.455. The van der Waals surface area contributed by atoms with Gasteiger partial charge >= 0.3 is 5.97 Å². The number of benzene rings is 2. The first kappa shape index (κ1) is 30.7. The van der Waals surface area contributed by atoms with Crippen molar-refractivity contribution in [3.05, 3.63) is 83.6 Å². The molecule has 2 aliphatic rings. The van der Waals surface area contributed by atoms with E-state index in [-0.39, 0.29) is 23.0 Å². The molecule has 2 N–H and O–H groups in total. The number of hydrogen-bond acceptors (Lipinski definition) is 4. The first-order valence-corrected chi connectivity index (χ1v) is 16.1. The van der Waals surface area contributed by atoms with E-state index in [1.165, 1.54) is 22.5 Å². The number of nitrogens with zero attached hydrogens (tertiary/aromatic N) is 2. The van der Waals surface area contributed by atoms with Crippen molar-refractivity contribution in [2.24, 2.45) is 0 Å². The fourth-order valence-corrected chi connectivity index (χ4v) is 6.84. The van der Waals surface area contributed by atoms with Crippen LogP contribution in [0.1, 0.15) is 77.3 Å². The molecule has 0 amide bonds. The van der Waals surface area contributed by atoms with Crippen LogP contribution in [0.25, 0.3) is 0 Å². The van der Waals surface area contributed by atoms with E-state index in [4.69, 9.17) is 9.66 Å². The van der Waals surface area contributed by atoms with E-state index in [0.717, 1.165) is 30.8 Å². The van der Waals surface area contributed by atoms with E-state index in [1.54, 1.807) is 0 Å². The van der Waals surface area contributed by atoms with E-state index in [2.05, 4.69) is 97.9 Å². The molecule has 2 aromatic carbocycles. The summed E-state index contributed by atoms with van der Waals surface area (Å²) in [5.74, 6) is -0.976. The quantitative estimate of drug-likeness (QED) is 0.157. The SMILES string of the molecule is CC1(C)C(/C=C/C=C2/N(CCCCS(=O)(=O)O)c3ccccc3C2(C)C)=[N+](CCCCCC(=O)O)c2ccccc21. The Kier molecular flexibility index (Phi) is 9.24. The smallest absolute Gasteiger partial charge is 0.303 e. The van der Waals surface area contributed by atoms with Gasteiger partial charge in [-0.05, 0) is 57.2 Å². The molecule has 2 aromatic rings. The zero-order chi connectivity index (χ0) is 29.8. The molecule has 0 radical (unpaired) electrons. The van der Waals surface area contributed by atoms with Crippen molar-refractivity contribution < 1.29 is 27.4 Å². The third-order valence-electron chi connectivity index (χ3n) is 8.41. The number of carbonyl (C=O) groups is 1. The van der Waals surface area contributed by atoms with E-state index in [0.29, 0.717) is 25.8 Å². The lowest BCUT2D eigenvalue weighted by Crippen LogP contribution is -2.28. The molecular formula is C33H43N2O5S+. The maximum atomic E-state index is 11.2. The van der Waals surface area contributed by atoms with Crippen molar-refractivity contribution >= 4 is 33.2 Å². The summed E-state index contributed by atoms with van der Waals surface area (Å²) < 4.78 is 34.0. The molecule has 0 fully saturated rings. The Labute approximate surface area is 244 Å². The maximum Gasteiger partial charge on any atom is 0.303 e. The summed E-state index contributed by atoms with van der Waals surface area (Å²) >= 11 is 0. The van der Waals surface area contributed by atoms with Crippen molar-refractivity contribution in [1.82, 2.24) is 0 Å². The minimum Gasteiger partial charge on any atom is -0.481 e. The lowest BCUT2D eigenvalue weighted by atomic mass is 9.81. The lowest BCUT2D eigenvalue weighted by Gasteiger charge is -2.27. The van der Waals surface area contributed by atoms with Gasteiger partial charge in [-0.3, -0.25) is 9.35 Å². The average molecular weight is 580 g/mol. The van der Waals surface area contributed by atoms with E-state index in [1.807, 2.05) is 6.07 Å². The zero-order valence-corrected chi connectivity index (χ0v) is 25.5. The van der Waals surface area contributed by atoms with Gasteiger partial charge in [-0.1, -0.05) is 56.3 Å². The number of hydrogen-bond donors (Lipinski definition) is 2. The maximum absolute atomic E-state index is 11.2. The predicted molar refractivity (Wildman–Crippen MR) is 165 cm³/mol. The van der Waals surface area contributed by atoms with Gasteiger partial charge in [0.05, 0.1) is 11.2 Å². The number of unbranched alkanes of at least 4 members (excludes halogenated alkanes) is 3. The van der Waals surface area contributed by atoms with Crippen LogP contribution in [0.4, 0.5) is 11.4 Å². The van der Waals surface area contributed by atoms with Crippen LogP contribution in [-0.4, -0.2) is 53.2 Å². The number of anilines is 1. The summed E-state index contributed by atoms with van der Waals surface area (Å²) in [7, 11) is -3.97. The van der Waals surface area contributed by atoms with E-state index in [9.17, 15) is 13.2 Å². The molecule has 220 valence electrons. The fourth-order valence-electron chi connectivity index (χ4n) is 6.27. The summed E-state index contributed by atoms with van der Waals surface area (Å²) in [5, 5.41) is 8.99. The third-order valence-corrected chi connectivity index (χ3v) is 9.22. The largest absolute Gasteiger partial charge is 0.481 e. The van der Waals surface area contributed by atoms with Crippen molar-refractivity contribution in [3.63, 3.8) is 0 Å². The minimum atomic E-state index is -3.97. The Morgan fingerprint density at radius 1 is 0.902 bits per heavy atom. The summed E-state index contributed by atoms with van der Waals surface area (Å²) in [5.41, 5.74) is 6.80. The minimum absolute atomic E-state index is 0.184. The summed E-state index contributed by atoms with van der Waals surface area (Å²) in [6.07, 6.45) is 10.2. The summed E-state index contributed by atoms with van der Waals surface area (Å²) in [4.78, 5) is 13.2. The van der Waals surface area contributed by atoms with Crippen LogP contribution in [0, 0.1) is 0 Å². The molecule has 0 spiro atoms. The molecule has 2 heterocycles. The molecule has 0 saturated heterocycles. The highest BCUT2D eigenvalue weighted by atomic mass is 32.2. The van der Waals surface area contributed by atoms with Crippen molar-refractivity contribution in [2.45, 2.75) is 77.0 Å². The van der Waals surface area contributed by atoms with Gasteiger partial charge in [-0.25, -0.2) is 0 Å². The van der Waals surface area contributed by atoms with Gasteiger partial charge in [0.15, 0.2) is 5.71 Å². The van der Waals surface area contributed by atoms with Crippen LogP contribution in [-0.2, 0) is 25.7 Å². The lowest BCUT2D eigenvalue weighted by molar-refractivity contribution is -0.438. The normalized spacial score (nSPS) is 18.4. The van der Waals surface area contributed by atoms with Crippen LogP contribution in [0.2, 0.25) is 0 Å². The molecule has 41 heavy (non-hydrogen) atoms. The molecule has 4 rings (SSSR count). The zero-order valence-electron chi connectivity index (χ0n) is 24.6. The number of fused-ring (bicyclic) bond motifs is 2. The molecular weight excluding hydrogens is 536 g/mol. The summed E-state index contributed by atoms with van der Waals surface area (Å²) in [6.45, 7) is 10.4. The predicted octanol–water partition coefficient (Wildman–Crippen LogP) is 6.61. The monoisotopic (exact) mass is 579 g/mol. The Hall–Kier alpha value is -3.23. The van der Waals surface area contributed by atoms with Crippen LogP contribution in [0.3, 0.4) is 0 Å². The van der Waals surface area contributed by atoms with Crippen molar-refractivity contribution in [3.8, 4) is 0 Å². The average Bonchev–Trinajstić information content (AvgIpc) is 3.25. The van der Waals surface area contributed by atoms with E-state index >= 15 is 0 Å². The van der Waals surface area contributed by atoms with Gasteiger partial charge in [0.2, 0.25) is 5.69 Å². The Morgan fingerprint density at radius 3 is 2.29 bits per heavy atom. The number of rotatable bonds is 13. The van der Waals surface area contributed by atoms with Crippen LogP contribution in [0.15, 0.2) is 72.5 Å². The first-order chi connectivity index (χ1) is 19.3. The molecule has 7 nitrogen and oxygen atoms in total. The molecule has 0 aromatic heterocycles. The van der Waals surface area contributed by atoms with Crippen molar-refractivity contribution in [1.29, 1.82) is 0 Å². The van der Waals surface area contributed by atoms with Crippen LogP contribution in [0.5, 0.6) is 0 Å². The highest BCUT2D eigenvalue weighted by Crippen LogP contribution is 2.47. The highest BCUT2D eigenvalue weighted by molar-refractivity contribution is 7.85. The van der Waals surface area contributed by atoms with Crippen molar-refractivity contribution in [2.75, 3.05) is 23.7 Å². The van der Waals surface area contributed by atoms with Gasteiger partial charge in [0, 0.05) is 53.9 Å². The van der Waals surface area contributed by atoms with Gasteiger partial charge in [0.25, 0.3) is 10.1 Å². The Morgan fingerprint density at radius 2 is 1.59 bits per heavy atom. The first-order valence-electron chi connectivity index (χ1n) is 14.5. The number of allylic oxidation sites excluding steroid dienone is 4. The molecule has 0 unspecified atom stereocenters. The van der Waals surface area contributed by atoms with Gasteiger partial charge in [0.1, 0.15) is 6.54 Å². The molecule has 0 aliphatic carbocycles. The Balaban J connectivity index is 1.63.